The molecule has 7 heteroatoms. The van der Waals surface area contributed by atoms with Gasteiger partial charge in [-0.1, -0.05) is 19.0 Å². The maximum atomic E-state index is 12.1. The van der Waals surface area contributed by atoms with Crippen molar-refractivity contribution in [1.29, 1.82) is 0 Å². The summed E-state index contributed by atoms with van der Waals surface area (Å²) in [6.45, 7) is 7.96. The van der Waals surface area contributed by atoms with Crippen molar-refractivity contribution in [1.82, 2.24) is 19.9 Å². The Morgan fingerprint density at radius 3 is 2.62 bits per heavy atom. The second-order valence-corrected chi connectivity index (χ2v) is 5.65. The van der Waals surface area contributed by atoms with Crippen LogP contribution in [0, 0.1) is 0 Å². The number of aryl methyl sites for hydroxylation is 1. The molecule has 0 aliphatic carbocycles. The van der Waals surface area contributed by atoms with Crippen LogP contribution >= 0.6 is 0 Å². The van der Waals surface area contributed by atoms with Crippen molar-refractivity contribution >= 4 is 5.91 Å². The molecule has 2 rings (SSSR count). The van der Waals surface area contributed by atoms with Gasteiger partial charge in [0.15, 0.2) is 5.82 Å². The van der Waals surface area contributed by atoms with Gasteiger partial charge in [-0.2, -0.15) is 4.98 Å². The predicted molar refractivity (Wildman–Crippen MR) is 76.8 cm³/mol. The van der Waals surface area contributed by atoms with Gasteiger partial charge in [-0.25, -0.2) is 0 Å². The molecule has 0 unspecified atom stereocenters. The van der Waals surface area contributed by atoms with Gasteiger partial charge in [-0.3, -0.25) is 9.69 Å². The zero-order valence-corrected chi connectivity index (χ0v) is 12.8. The zero-order chi connectivity index (χ0) is 15.2. The summed E-state index contributed by atoms with van der Waals surface area (Å²) in [6, 6.07) is 0. The number of rotatable bonds is 6. The average molecular weight is 296 g/mol. The number of aromatic nitrogens is 2. The SMILES string of the molecule is CC(C)c1noc(CCC(=O)N2CCN(CCO)CC2)n1. The fourth-order valence-corrected chi connectivity index (χ4v) is 2.34. The molecule has 1 N–H and O–H groups in total. The average Bonchev–Trinajstić information content (AvgIpc) is 2.95. The first-order valence-corrected chi connectivity index (χ1v) is 7.53. The molecular formula is C14H24N4O3. The number of hydrogen-bond acceptors (Lipinski definition) is 6. The van der Waals surface area contributed by atoms with Crippen molar-refractivity contribution in [3.8, 4) is 0 Å². The van der Waals surface area contributed by atoms with Gasteiger partial charge in [0.1, 0.15) is 0 Å². The van der Waals surface area contributed by atoms with E-state index in [0.717, 1.165) is 26.2 Å². The van der Waals surface area contributed by atoms with Gasteiger partial charge in [0.2, 0.25) is 11.8 Å². The van der Waals surface area contributed by atoms with Gasteiger partial charge >= 0.3 is 0 Å². The van der Waals surface area contributed by atoms with Crippen LogP contribution < -0.4 is 0 Å². The summed E-state index contributed by atoms with van der Waals surface area (Å²) >= 11 is 0. The summed E-state index contributed by atoms with van der Waals surface area (Å²) in [5, 5.41) is 12.8. The van der Waals surface area contributed by atoms with Crippen LogP contribution in [0.1, 0.15) is 37.9 Å². The van der Waals surface area contributed by atoms with Crippen molar-refractivity contribution in [2.75, 3.05) is 39.3 Å². The first-order chi connectivity index (χ1) is 10.1. The van der Waals surface area contributed by atoms with Gasteiger partial charge in [0.05, 0.1) is 6.61 Å². The molecule has 0 aromatic carbocycles. The minimum Gasteiger partial charge on any atom is -0.395 e. The summed E-state index contributed by atoms with van der Waals surface area (Å²) in [5.74, 6) is 1.58. The van der Waals surface area contributed by atoms with E-state index < -0.39 is 0 Å². The van der Waals surface area contributed by atoms with E-state index in [0.29, 0.717) is 31.1 Å². The van der Waals surface area contributed by atoms with E-state index in [1.54, 1.807) is 0 Å². The highest BCUT2D eigenvalue weighted by molar-refractivity contribution is 5.76. The Balaban J connectivity index is 1.74. The van der Waals surface area contributed by atoms with Crippen LogP contribution in [-0.4, -0.2) is 70.3 Å². The minimum absolute atomic E-state index is 0.128. The highest BCUT2D eigenvalue weighted by Crippen LogP contribution is 2.11. The standard InChI is InChI=1S/C14H24N4O3/c1-11(2)14-15-12(21-16-14)3-4-13(20)18-7-5-17(6-8-18)9-10-19/h11,19H,3-10H2,1-2H3. The van der Waals surface area contributed by atoms with E-state index in [4.69, 9.17) is 9.63 Å². The van der Waals surface area contributed by atoms with Gasteiger partial charge in [-0.05, 0) is 0 Å². The highest BCUT2D eigenvalue weighted by Gasteiger charge is 2.21. The van der Waals surface area contributed by atoms with E-state index in [2.05, 4.69) is 15.0 Å². The van der Waals surface area contributed by atoms with Gasteiger partial charge in [0, 0.05) is 51.5 Å². The van der Waals surface area contributed by atoms with Crippen molar-refractivity contribution in [2.45, 2.75) is 32.6 Å². The van der Waals surface area contributed by atoms with Crippen molar-refractivity contribution in [2.24, 2.45) is 0 Å². The molecule has 2 heterocycles. The smallest absolute Gasteiger partial charge is 0.227 e. The number of amides is 1. The predicted octanol–water partition coefficient (Wildman–Crippen LogP) is 0.262. The molecule has 1 fully saturated rings. The normalized spacial score (nSPS) is 16.7. The molecular weight excluding hydrogens is 272 g/mol. The van der Waals surface area contributed by atoms with Crippen LogP contribution in [0.25, 0.3) is 0 Å². The molecule has 21 heavy (non-hydrogen) atoms. The number of carbonyl (C=O) groups excluding carboxylic acids is 1. The third-order valence-electron chi connectivity index (χ3n) is 3.69. The lowest BCUT2D eigenvalue weighted by Gasteiger charge is -2.34. The molecule has 0 saturated carbocycles. The number of piperazine rings is 1. The first-order valence-electron chi connectivity index (χ1n) is 7.53. The third kappa shape index (κ3) is 4.50. The van der Waals surface area contributed by atoms with Gasteiger partial charge in [-0.15, -0.1) is 0 Å². The van der Waals surface area contributed by atoms with Crippen LogP contribution in [0.4, 0.5) is 0 Å². The second kappa shape index (κ2) is 7.51. The molecule has 0 radical (unpaired) electrons. The third-order valence-corrected chi connectivity index (χ3v) is 3.69. The maximum Gasteiger partial charge on any atom is 0.227 e. The van der Waals surface area contributed by atoms with Crippen molar-refractivity contribution in [3.63, 3.8) is 0 Å². The molecule has 0 atom stereocenters. The van der Waals surface area contributed by atoms with Crippen molar-refractivity contribution < 1.29 is 14.4 Å². The number of aliphatic hydroxyl groups excluding tert-OH is 1. The molecule has 0 bridgehead atoms. The lowest BCUT2D eigenvalue weighted by atomic mass is 10.2. The Morgan fingerprint density at radius 2 is 2.05 bits per heavy atom. The van der Waals surface area contributed by atoms with Gasteiger partial charge < -0.3 is 14.5 Å². The molecule has 1 saturated heterocycles. The fraction of sp³-hybridized carbons (Fsp3) is 0.786. The Bertz CT molecular complexity index is 453. The minimum atomic E-state index is 0.128. The fourth-order valence-electron chi connectivity index (χ4n) is 2.34. The maximum absolute atomic E-state index is 12.1. The van der Waals surface area contributed by atoms with Crippen LogP contribution in [0.5, 0.6) is 0 Å². The lowest BCUT2D eigenvalue weighted by Crippen LogP contribution is -2.49. The number of aliphatic hydroxyl groups is 1. The van der Waals surface area contributed by atoms with E-state index in [1.165, 1.54) is 0 Å². The zero-order valence-electron chi connectivity index (χ0n) is 12.8. The summed E-state index contributed by atoms with van der Waals surface area (Å²) in [7, 11) is 0. The lowest BCUT2D eigenvalue weighted by molar-refractivity contribution is -0.133. The Hall–Kier alpha value is -1.47. The largest absolute Gasteiger partial charge is 0.395 e. The molecule has 1 aliphatic rings. The quantitative estimate of drug-likeness (QED) is 0.811. The molecule has 1 amide bonds. The molecule has 7 nitrogen and oxygen atoms in total. The molecule has 0 spiro atoms. The number of hydrogen-bond donors (Lipinski definition) is 1. The number of carbonyl (C=O) groups is 1. The molecule has 1 aliphatic heterocycles. The molecule has 118 valence electrons. The van der Waals surface area contributed by atoms with E-state index in [-0.39, 0.29) is 18.4 Å². The van der Waals surface area contributed by atoms with Crippen LogP contribution in [0.3, 0.4) is 0 Å². The number of β-amino-alcohol motifs (C(OH)–C–C–N with tert-alkyl or cyclic N) is 1. The van der Waals surface area contributed by atoms with Crippen molar-refractivity contribution in [3.05, 3.63) is 11.7 Å². The number of nitrogens with zero attached hydrogens (tertiary/aromatic N) is 4. The topological polar surface area (TPSA) is 82.7 Å². The Morgan fingerprint density at radius 1 is 1.33 bits per heavy atom. The van der Waals surface area contributed by atoms with Crippen LogP contribution in [0.2, 0.25) is 0 Å². The molecule has 1 aromatic heterocycles. The van der Waals surface area contributed by atoms with E-state index in [9.17, 15) is 4.79 Å². The van der Waals surface area contributed by atoms with Crippen LogP contribution in [-0.2, 0) is 11.2 Å². The Labute approximate surface area is 124 Å². The monoisotopic (exact) mass is 296 g/mol. The van der Waals surface area contributed by atoms with Crippen LogP contribution in [0.15, 0.2) is 4.52 Å². The Kier molecular flexibility index (Phi) is 5.69. The highest BCUT2D eigenvalue weighted by atomic mass is 16.5. The summed E-state index contributed by atoms with van der Waals surface area (Å²) in [5.41, 5.74) is 0. The summed E-state index contributed by atoms with van der Waals surface area (Å²) in [6.07, 6.45) is 0.898. The van der Waals surface area contributed by atoms with E-state index >= 15 is 0 Å². The summed E-state index contributed by atoms with van der Waals surface area (Å²) in [4.78, 5) is 20.5. The second-order valence-electron chi connectivity index (χ2n) is 5.65. The molecule has 1 aromatic rings. The summed E-state index contributed by atoms with van der Waals surface area (Å²) < 4.78 is 5.14. The van der Waals surface area contributed by atoms with E-state index in [1.807, 2.05) is 18.7 Å². The van der Waals surface area contributed by atoms with Gasteiger partial charge in [0.25, 0.3) is 0 Å². The first kappa shape index (κ1) is 15.9.